The van der Waals surface area contributed by atoms with Crippen LogP contribution in [0.4, 0.5) is 13.2 Å². The maximum Gasteiger partial charge on any atom is 0.573 e. The van der Waals surface area contributed by atoms with Crippen LogP contribution in [0.5, 0.6) is 5.75 Å². The van der Waals surface area contributed by atoms with E-state index in [0.717, 1.165) is 4.88 Å². The van der Waals surface area contributed by atoms with Crippen LogP contribution < -0.4 is 4.74 Å². The van der Waals surface area contributed by atoms with Gasteiger partial charge >= 0.3 is 6.36 Å². The molecule has 0 unspecified atom stereocenters. The summed E-state index contributed by atoms with van der Waals surface area (Å²) in [5.74, 6) is -0.283. The summed E-state index contributed by atoms with van der Waals surface area (Å²) in [5.41, 5.74) is 1.24. The second-order valence-electron chi connectivity index (χ2n) is 6.61. The molecule has 3 aromatic rings. The van der Waals surface area contributed by atoms with Crippen LogP contribution in [-0.2, 0) is 11.2 Å². The first kappa shape index (κ1) is 19.4. The Morgan fingerprint density at radius 3 is 2.72 bits per heavy atom. The first-order chi connectivity index (χ1) is 13.8. The molecule has 5 nitrogen and oxygen atoms in total. The van der Waals surface area contributed by atoms with Gasteiger partial charge < -0.3 is 9.30 Å². The molecule has 1 aliphatic heterocycles. The third kappa shape index (κ3) is 4.24. The van der Waals surface area contributed by atoms with Gasteiger partial charge in [0.05, 0.1) is 23.0 Å². The summed E-state index contributed by atoms with van der Waals surface area (Å²) < 4.78 is 42.4. The predicted molar refractivity (Wildman–Crippen MR) is 100.0 cm³/mol. The molecule has 4 rings (SSSR count). The molecular weight excluding hydrogens is 405 g/mol. The van der Waals surface area contributed by atoms with E-state index in [9.17, 15) is 22.8 Å². The number of hydrogen-bond acceptors (Lipinski definition) is 5. The molecule has 0 saturated heterocycles. The highest BCUT2D eigenvalue weighted by Crippen LogP contribution is 2.31. The largest absolute Gasteiger partial charge is 0.573 e. The van der Waals surface area contributed by atoms with Crippen molar-refractivity contribution in [3.8, 4) is 16.2 Å². The SMILES string of the molecule is O=C1CC[C@@H](C(=O)Cc2ncc(-c3ccc(OC(F)(F)F)cc3)s2)n2cccc21. The van der Waals surface area contributed by atoms with Crippen molar-refractivity contribution in [3.63, 3.8) is 0 Å². The maximum absolute atomic E-state index is 12.8. The van der Waals surface area contributed by atoms with Crippen LogP contribution in [0.15, 0.2) is 48.8 Å². The quantitative estimate of drug-likeness (QED) is 0.593. The maximum atomic E-state index is 12.8. The fourth-order valence-corrected chi connectivity index (χ4v) is 4.30. The number of rotatable bonds is 5. The summed E-state index contributed by atoms with van der Waals surface area (Å²) in [5, 5.41) is 0.617. The zero-order valence-electron chi connectivity index (χ0n) is 15.0. The number of nitrogens with zero attached hydrogens (tertiary/aromatic N) is 2. The average Bonchev–Trinajstić information content (AvgIpc) is 3.31. The van der Waals surface area contributed by atoms with Crippen LogP contribution in [0.1, 0.15) is 34.4 Å². The van der Waals surface area contributed by atoms with Gasteiger partial charge in [-0.3, -0.25) is 9.59 Å². The van der Waals surface area contributed by atoms with Gasteiger partial charge in [-0.25, -0.2) is 4.98 Å². The number of carbonyl (C=O) groups is 2. The molecule has 2 aromatic heterocycles. The van der Waals surface area contributed by atoms with Gasteiger partial charge in [-0.05, 0) is 48.4 Å². The lowest BCUT2D eigenvalue weighted by Gasteiger charge is -2.24. The second-order valence-corrected chi connectivity index (χ2v) is 7.73. The molecule has 29 heavy (non-hydrogen) atoms. The first-order valence-corrected chi connectivity index (χ1v) is 9.65. The molecule has 0 amide bonds. The van der Waals surface area contributed by atoms with E-state index >= 15 is 0 Å². The van der Waals surface area contributed by atoms with Gasteiger partial charge in [0.1, 0.15) is 10.8 Å². The van der Waals surface area contributed by atoms with Gasteiger partial charge in [0.2, 0.25) is 0 Å². The minimum atomic E-state index is -4.73. The number of carbonyl (C=O) groups excluding carboxylic acids is 2. The van der Waals surface area contributed by atoms with Gasteiger partial charge in [-0.2, -0.15) is 0 Å². The van der Waals surface area contributed by atoms with Crippen molar-refractivity contribution >= 4 is 22.9 Å². The summed E-state index contributed by atoms with van der Waals surface area (Å²) in [6.45, 7) is 0. The van der Waals surface area contributed by atoms with E-state index in [-0.39, 0.29) is 29.8 Å². The number of fused-ring (bicyclic) bond motifs is 1. The summed E-state index contributed by atoms with van der Waals surface area (Å²) in [6.07, 6.45) is -0.446. The lowest BCUT2D eigenvalue weighted by molar-refractivity contribution is -0.274. The van der Waals surface area contributed by atoms with E-state index in [1.54, 1.807) is 29.1 Å². The number of hydrogen-bond donors (Lipinski definition) is 0. The average molecular weight is 420 g/mol. The summed E-state index contributed by atoms with van der Waals surface area (Å²) in [7, 11) is 0. The minimum Gasteiger partial charge on any atom is -0.406 e. The Kier molecular flexibility index (Phi) is 4.99. The fraction of sp³-hybridized carbons (Fsp3) is 0.250. The topological polar surface area (TPSA) is 61.2 Å². The van der Waals surface area contributed by atoms with Crippen LogP contribution in [0.25, 0.3) is 10.4 Å². The fourth-order valence-electron chi connectivity index (χ4n) is 3.37. The Morgan fingerprint density at radius 2 is 2.00 bits per heavy atom. The standard InChI is InChI=1S/C20H15F3N2O3S/c21-20(22,23)28-13-5-3-12(4-6-13)18-11-24-19(29-18)10-17(27)15-7-8-16(26)14-2-1-9-25(14)15/h1-6,9,11,15H,7-8,10H2/t15-/m0/s1. The van der Waals surface area contributed by atoms with Gasteiger partial charge in [-0.1, -0.05) is 0 Å². The van der Waals surface area contributed by atoms with E-state index in [1.807, 2.05) is 0 Å². The predicted octanol–water partition coefficient (Wildman–Crippen LogP) is 4.84. The smallest absolute Gasteiger partial charge is 0.406 e. The third-order valence-corrected chi connectivity index (χ3v) is 5.71. The molecule has 1 aliphatic rings. The van der Waals surface area contributed by atoms with Crippen molar-refractivity contribution in [1.82, 2.24) is 9.55 Å². The summed E-state index contributed by atoms with van der Waals surface area (Å²) in [4.78, 5) is 29.7. The Bertz CT molecular complexity index is 1050. The second kappa shape index (κ2) is 7.47. The van der Waals surface area contributed by atoms with Crippen LogP contribution in [0, 0.1) is 0 Å². The highest BCUT2D eigenvalue weighted by Gasteiger charge is 2.31. The van der Waals surface area contributed by atoms with E-state index in [0.29, 0.717) is 29.1 Å². The van der Waals surface area contributed by atoms with Crippen LogP contribution in [0.2, 0.25) is 0 Å². The first-order valence-electron chi connectivity index (χ1n) is 8.84. The van der Waals surface area contributed by atoms with Crippen molar-refractivity contribution in [2.24, 2.45) is 0 Å². The number of thiazole rings is 1. The highest BCUT2D eigenvalue weighted by atomic mass is 32.1. The Balaban J connectivity index is 1.45. The molecular formula is C20H15F3N2O3S. The number of halogens is 3. The van der Waals surface area contributed by atoms with Gasteiger partial charge in [-0.15, -0.1) is 24.5 Å². The van der Waals surface area contributed by atoms with Crippen LogP contribution in [0.3, 0.4) is 0 Å². The summed E-state index contributed by atoms with van der Waals surface area (Å²) >= 11 is 1.31. The number of alkyl halides is 3. The Hall–Kier alpha value is -2.94. The van der Waals surface area contributed by atoms with E-state index in [1.165, 1.54) is 35.6 Å². The molecule has 0 spiro atoms. The normalized spacial score (nSPS) is 16.5. The Morgan fingerprint density at radius 1 is 1.24 bits per heavy atom. The van der Waals surface area contributed by atoms with Crippen molar-refractivity contribution in [1.29, 1.82) is 0 Å². The molecule has 1 atom stereocenters. The number of Topliss-reactive ketones (excluding diaryl/α,β-unsaturated/α-hetero) is 2. The zero-order chi connectivity index (χ0) is 20.6. The number of aromatic nitrogens is 2. The lowest BCUT2D eigenvalue weighted by Crippen LogP contribution is -2.28. The van der Waals surface area contributed by atoms with Gasteiger partial charge in [0, 0.05) is 18.8 Å². The zero-order valence-corrected chi connectivity index (χ0v) is 15.8. The molecule has 0 radical (unpaired) electrons. The van der Waals surface area contributed by atoms with Crippen LogP contribution in [-0.4, -0.2) is 27.5 Å². The molecule has 0 bridgehead atoms. The van der Waals surface area contributed by atoms with E-state index in [4.69, 9.17) is 0 Å². The van der Waals surface area contributed by atoms with Crippen molar-refractivity contribution in [2.45, 2.75) is 31.7 Å². The molecule has 150 valence electrons. The molecule has 9 heteroatoms. The Labute approximate surface area is 167 Å². The lowest BCUT2D eigenvalue weighted by atomic mass is 9.97. The minimum absolute atomic E-state index is 0.0234. The summed E-state index contributed by atoms with van der Waals surface area (Å²) in [6, 6.07) is 8.59. The molecule has 0 fully saturated rings. The van der Waals surface area contributed by atoms with Crippen molar-refractivity contribution < 1.29 is 27.5 Å². The van der Waals surface area contributed by atoms with E-state index < -0.39 is 6.36 Å². The molecule has 0 N–H and O–H groups in total. The number of benzene rings is 1. The van der Waals surface area contributed by atoms with Crippen molar-refractivity contribution in [3.05, 3.63) is 59.5 Å². The van der Waals surface area contributed by atoms with Gasteiger partial charge in [0.25, 0.3) is 0 Å². The van der Waals surface area contributed by atoms with Gasteiger partial charge in [0.15, 0.2) is 11.6 Å². The monoisotopic (exact) mass is 420 g/mol. The molecule has 3 heterocycles. The highest BCUT2D eigenvalue weighted by molar-refractivity contribution is 7.15. The van der Waals surface area contributed by atoms with E-state index in [2.05, 4.69) is 9.72 Å². The van der Waals surface area contributed by atoms with Crippen LogP contribution >= 0.6 is 11.3 Å². The number of ketones is 2. The van der Waals surface area contributed by atoms with Crippen molar-refractivity contribution in [2.75, 3.05) is 0 Å². The third-order valence-electron chi connectivity index (χ3n) is 4.67. The molecule has 0 aliphatic carbocycles. The molecule has 0 saturated carbocycles. The number of ether oxygens (including phenoxy) is 1. The molecule has 1 aromatic carbocycles.